The monoisotopic (exact) mass is 313 g/mol. The lowest BCUT2D eigenvalue weighted by Gasteiger charge is -2.23. The fraction of sp³-hybridized carbons (Fsp3) is 0.316. The number of nitrogens with one attached hydrogen (secondary N) is 1. The summed E-state index contributed by atoms with van der Waals surface area (Å²) < 4.78 is 10.4. The Morgan fingerprint density at radius 3 is 2.17 bits per heavy atom. The van der Waals surface area contributed by atoms with E-state index in [1.165, 1.54) is 0 Å². The van der Waals surface area contributed by atoms with Crippen LogP contribution in [-0.4, -0.2) is 25.7 Å². The van der Waals surface area contributed by atoms with Gasteiger partial charge in [-0.15, -0.1) is 0 Å². The summed E-state index contributed by atoms with van der Waals surface area (Å²) in [6.07, 6.45) is 2.65. The van der Waals surface area contributed by atoms with Crippen LogP contribution in [0.4, 0.5) is 0 Å². The molecule has 4 nitrogen and oxygen atoms in total. The van der Waals surface area contributed by atoms with Crippen LogP contribution in [0.1, 0.15) is 18.4 Å². The number of para-hydroxylation sites is 1. The third-order valence-corrected chi connectivity index (χ3v) is 3.49. The maximum atomic E-state index is 9.76. The molecule has 3 rings (SSSR count). The highest BCUT2D eigenvalue weighted by Gasteiger charge is 2.13. The number of hydrogen-bond acceptors (Lipinski definition) is 4. The van der Waals surface area contributed by atoms with E-state index in [0.717, 1.165) is 37.2 Å². The lowest BCUT2D eigenvalue weighted by Crippen LogP contribution is -2.34. The van der Waals surface area contributed by atoms with E-state index in [0.29, 0.717) is 19.2 Å². The molecular formula is C19H23NO3. The molecular weight excluding hydrogens is 290 g/mol. The molecule has 0 unspecified atom stereocenters. The molecule has 0 aliphatic carbocycles. The Bertz CT molecular complexity index is 539. The van der Waals surface area contributed by atoms with E-state index in [1.54, 1.807) is 0 Å². The predicted molar refractivity (Wildman–Crippen MR) is 90.3 cm³/mol. The van der Waals surface area contributed by atoms with Crippen molar-refractivity contribution in [1.82, 2.24) is 5.32 Å². The van der Waals surface area contributed by atoms with Crippen molar-refractivity contribution >= 4 is 6.47 Å². The minimum Gasteiger partial charge on any atom is -0.490 e. The molecule has 0 saturated carbocycles. The molecule has 122 valence electrons. The number of carbonyl (C=O) groups excluding carboxylic acids is 1. The van der Waals surface area contributed by atoms with Crippen LogP contribution in [-0.2, 0) is 16.1 Å². The predicted octanol–water partition coefficient (Wildman–Crippen LogP) is 3.18. The maximum Gasteiger partial charge on any atom is 0.293 e. The highest BCUT2D eigenvalue weighted by atomic mass is 16.5. The summed E-state index contributed by atoms with van der Waals surface area (Å²) in [6.45, 7) is 2.98. The van der Waals surface area contributed by atoms with Gasteiger partial charge in [0.15, 0.2) is 0 Å². The summed E-state index contributed by atoms with van der Waals surface area (Å²) in [5.41, 5.74) is 1.01. The van der Waals surface area contributed by atoms with Crippen molar-refractivity contribution in [3.8, 4) is 5.75 Å². The van der Waals surface area contributed by atoms with E-state index in [1.807, 2.05) is 60.7 Å². The zero-order chi connectivity index (χ0) is 16.2. The van der Waals surface area contributed by atoms with Gasteiger partial charge in [-0.1, -0.05) is 48.5 Å². The molecule has 4 heteroatoms. The average molecular weight is 313 g/mol. The van der Waals surface area contributed by atoms with Gasteiger partial charge in [0.1, 0.15) is 18.5 Å². The normalized spacial score (nSPS) is 14.3. The zero-order valence-electron chi connectivity index (χ0n) is 13.2. The third-order valence-electron chi connectivity index (χ3n) is 3.49. The molecule has 1 aliphatic rings. The van der Waals surface area contributed by atoms with Crippen molar-refractivity contribution in [2.75, 3.05) is 13.1 Å². The van der Waals surface area contributed by atoms with Gasteiger partial charge in [-0.25, -0.2) is 0 Å². The molecule has 0 atom stereocenters. The first-order valence-electron chi connectivity index (χ1n) is 7.90. The van der Waals surface area contributed by atoms with E-state index in [2.05, 4.69) is 10.1 Å². The quantitative estimate of drug-likeness (QED) is 0.861. The summed E-state index contributed by atoms with van der Waals surface area (Å²) >= 11 is 0. The molecule has 1 saturated heterocycles. The van der Waals surface area contributed by atoms with E-state index in [4.69, 9.17) is 4.74 Å². The molecule has 0 bridgehead atoms. The van der Waals surface area contributed by atoms with Crippen LogP contribution in [0, 0.1) is 0 Å². The van der Waals surface area contributed by atoms with E-state index >= 15 is 0 Å². The summed E-state index contributed by atoms with van der Waals surface area (Å²) in [5.74, 6) is 0.995. The fourth-order valence-electron chi connectivity index (χ4n) is 2.31. The Balaban J connectivity index is 0.000000174. The molecule has 2 aromatic rings. The largest absolute Gasteiger partial charge is 0.490 e. The molecule has 0 amide bonds. The van der Waals surface area contributed by atoms with Crippen LogP contribution < -0.4 is 10.1 Å². The first kappa shape index (κ1) is 17.0. The fourth-order valence-corrected chi connectivity index (χ4v) is 2.31. The second-order valence-electron chi connectivity index (χ2n) is 5.27. The maximum absolute atomic E-state index is 9.76. The first-order chi connectivity index (χ1) is 11.4. The molecule has 0 aromatic heterocycles. The van der Waals surface area contributed by atoms with Crippen molar-refractivity contribution in [3.63, 3.8) is 0 Å². The topological polar surface area (TPSA) is 47.6 Å². The van der Waals surface area contributed by atoms with Gasteiger partial charge in [-0.05, 0) is 43.6 Å². The SMILES string of the molecule is O=COCc1ccccc1.c1ccc(OC2CCNCC2)cc1. The molecule has 23 heavy (non-hydrogen) atoms. The standard InChI is InChI=1S/C11H15NO.C8H8O2/c1-2-4-10(5-3-1)13-11-6-8-12-9-7-11;9-7-10-6-8-4-2-1-3-5-8/h1-5,11-12H,6-9H2;1-5,7H,6H2. The molecule has 2 aromatic carbocycles. The summed E-state index contributed by atoms with van der Waals surface area (Å²) in [6, 6.07) is 19.6. The molecule has 1 fully saturated rings. The average Bonchev–Trinajstić information content (AvgIpc) is 2.63. The van der Waals surface area contributed by atoms with E-state index in [-0.39, 0.29) is 0 Å². The van der Waals surface area contributed by atoms with Crippen molar-refractivity contribution < 1.29 is 14.3 Å². The Hall–Kier alpha value is -2.33. The highest BCUT2D eigenvalue weighted by molar-refractivity contribution is 5.37. The van der Waals surface area contributed by atoms with Crippen molar-refractivity contribution in [3.05, 3.63) is 66.2 Å². The Morgan fingerprint density at radius 1 is 0.957 bits per heavy atom. The summed E-state index contributed by atoms with van der Waals surface area (Å²) in [5, 5.41) is 3.32. The number of hydrogen-bond donors (Lipinski definition) is 1. The lowest BCUT2D eigenvalue weighted by molar-refractivity contribution is -0.129. The van der Waals surface area contributed by atoms with Crippen LogP contribution in [0.5, 0.6) is 5.75 Å². The van der Waals surface area contributed by atoms with Crippen molar-refractivity contribution in [2.24, 2.45) is 0 Å². The Labute approximate surface area is 137 Å². The molecule has 0 radical (unpaired) electrons. The second-order valence-corrected chi connectivity index (χ2v) is 5.27. The molecule has 0 spiro atoms. The number of rotatable bonds is 5. The smallest absolute Gasteiger partial charge is 0.293 e. The van der Waals surface area contributed by atoms with Gasteiger partial charge in [0.25, 0.3) is 6.47 Å². The minimum atomic E-state index is 0.365. The Morgan fingerprint density at radius 2 is 1.57 bits per heavy atom. The molecule has 1 aliphatic heterocycles. The van der Waals surface area contributed by atoms with Crippen molar-refractivity contribution in [1.29, 1.82) is 0 Å². The van der Waals surface area contributed by atoms with Crippen LogP contribution in [0.2, 0.25) is 0 Å². The Kier molecular flexibility index (Phi) is 7.70. The number of carbonyl (C=O) groups is 1. The minimum absolute atomic E-state index is 0.365. The van der Waals surface area contributed by atoms with Gasteiger partial charge >= 0.3 is 0 Å². The van der Waals surface area contributed by atoms with E-state index in [9.17, 15) is 4.79 Å². The number of ether oxygens (including phenoxy) is 2. The van der Waals surface area contributed by atoms with Gasteiger partial charge in [0, 0.05) is 0 Å². The molecule has 1 N–H and O–H groups in total. The van der Waals surface area contributed by atoms with Gasteiger partial charge < -0.3 is 14.8 Å². The summed E-state index contributed by atoms with van der Waals surface area (Å²) in [7, 11) is 0. The van der Waals surface area contributed by atoms with Crippen LogP contribution in [0.25, 0.3) is 0 Å². The van der Waals surface area contributed by atoms with E-state index < -0.39 is 0 Å². The second kappa shape index (κ2) is 10.4. The first-order valence-corrected chi connectivity index (χ1v) is 7.90. The zero-order valence-corrected chi connectivity index (χ0v) is 13.2. The number of benzene rings is 2. The lowest BCUT2D eigenvalue weighted by atomic mass is 10.1. The van der Waals surface area contributed by atoms with Crippen LogP contribution in [0.15, 0.2) is 60.7 Å². The van der Waals surface area contributed by atoms with Crippen LogP contribution >= 0.6 is 0 Å². The summed E-state index contributed by atoms with van der Waals surface area (Å²) in [4.78, 5) is 9.76. The van der Waals surface area contributed by atoms with Gasteiger partial charge in [-0.3, -0.25) is 4.79 Å². The van der Waals surface area contributed by atoms with Crippen molar-refractivity contribution in [2.45, 2.75) is 25.6 Å². The van der Waals surface area contributed by atoms with Crippen LogP contribution in [0.3, 0.4) is 0 Å². The highest BCUT2D eigenvalue weighted by Crippen LogP contribution is 2.15. The van der Waals surface area contributed by atoms with Gasteiger partial charge in [0.2, 0.25) is 0 Å². The number of piperidine rings is 1. The van der Waals surface area contributed by atoms with Gasteiger partial charge in [0.05, 0.1) is 0 Å². The third kappa shape index (κ3) is 6.98. The molecule has 1 heterocycles. The van der Waals surface area contributed by atoms with Gasteiger partial charge in [-0.2, -0.15) is 0 Å².